The Bertz CT molecular complexity index is 1250. The molecule has 168 valence electrons. The molecule has 34 heavy (non-hydrogen) atoms. The van der Waals surface area contributed by atoms with Gasteiger partial charge in [-0.3, -0.25) is 14.4 Å². The van der Waals surface area contributed by atoms with E-state index < -0.39 is 5.91 Å². The molecule has 0 aliphatic carbocycles. The Morgan fingerprint density at radius 2 is 1.06 bits per heavy atom. The molecule has 0 saturated carbocycles. The highest BCUT2D eigenvalue weighted by molar-refractivity contribution is 6.16. The van der Waals surface area contributed by atoms with Gasteiger partial charge in [0.15, 0.2) is 12.4 Å². The van der Waals surface area contributed by atoms with Crippen molar-refractivity contribution in [2.24, 2.45) is 0 Å². The highest BCUT2D eigenvalue weighted by atomic mass is 16.2. The van der Waals surface area contributed by atoms with Crippen molar-refractivity contribution in [2.75, 3.05) is 16.1 Å². The number of anilines is 2. The minimum atomic E-state index is -0.497. The van der Waals surface area contributed by atoms with E-state index in [0.29, 0.717) is 11.1 Å². The zero-order valence-corrected chi connectivity index (χ0v) is 18.5. The molecule has 0 atom stereocenters. The van der Waals surface area contributed by atoms with Gasteiger partial charge in [-0.2, -0.15) is 0 Å². The number of carbonyl (C=O) groups excluding carboxylic acids is 3. The van der Waals surface area contributed by atoms with Gasteiger partial charge in [0.05, 0.1) is 16.9 Å². The summed E-state index contributed by atoms with van der Waals surface area (Å²) in [5.74, 6) is -1.23. The fourth-order valence-electron chi connectivity index (χ4n) is 3.44. The minimum absolute atomic E-state index is 0.135. The van der Waals surface area contributed by atoms with Crippen LogP contribution in [0.2, 0.25) is 0 Å². The van der Waals surface area contributed by atoms with E-state index in [4.69, 9.17) is 0 Å². The van der Waals surface area contributed by atoms with Crippen LogP contribution in [0, 0.1) is 6.92 Å². The van der Waals surface area contributed by atoms with Crippen LogP contribution >= 0.6 is 0 Å². The van der Waals surface area contributed by atoms with E-state index in [1.54, 1.807) is 85.2 Å². The monoisotopic (exact) mass is 451 g/mol. The first kappa shape index (κ1) is 22.4. The quantitative estimate of drug-likeness (QED) is 0.384. The summed E-state index contributed by atoms with van der Waals surface area (Å²) in [7, 11) is 0. The maximum Gasteiger partial charge on any atom is 0.309 e. The average molecular weight is 452 g/mol. The molecule has 0 bridgehead atoms. The van der Waals surface area contributed by atoms with Gasteiger partial charge in [0.2, 0.25) is 0 Å². The fourth-order valence-corrected chi connectivity index (χ4v) is 3.44. The van der Waals surface area contributed by atoms with Gasteiger partial charge in [-0.05, 0) is 48.9 Å². The Kier molecular flexibility index (Phi) is 6.74. The molecule has 0 aliphatic heterocycles. The number of aryl methyl sites for hydroxylation is 1. The number of carbonyl (C=O) groups is 3. The Balaban J connectivity index is 1.74. The van der Waals surface area contributed by atoms with Gasteiger partial charge in [0, 0.05) is 23.3 Å². The number of nitrogens with zero attached hydrogens (tertiary/aromatic N) is 1. The van der Waals surface area contributed by atoms with Crippen molar-refractivity contribution in [1.82, 2.24) is 0 Å². The molecule has 3 N–H and O–H groups in total. The van der Waals surface area contributed by atoms with Crippen LogP contribution in [0.25, 0.3) is 0 Å². The van der Waals surface area contributed by atoms with Crippen molar-refractivity contribution >= 4 is 29.1 Å². The number of rotatable bonds is 6. The van der Waals surface area contributed by atoms with Crippen LogP contribution < -0.4 is 20.7 Å². The normalized spacial score (nSPS) is 10.3. The zero-order chi connectivity index (χ0) is 23.9. The minimum Gasteiger partial charge on any atom is -0.321 e. The van der Waals surface area contributed by atoms with Crippen molar-refractivity contribution in [2.45, 2.75) is 6.92 Å². The van der Waals surface area contributed by atoms with E-state index in [2.05, 4.69) is 16.1 Å². The van der Waals surface area contributed by atoms with Gasteiger partial charge in [-0.1, -0.05) is 47.1 Å². The topological polar surface area (TPSA) is 91.2 Å². The molecule has 0 aliphatic rings. The number of hydrogen-bond donors (Lipinski definition) is 3. The van der Waals surface area contributed by atoms with Crippen LogP contribution in [0.3, 0.4) is 0 Å². The summed E-state index contributed by atoms with van der Waals surface area (Å²) < 4.78 is 1.49. The Hall–Kier alpha value is -4.78. The second-order valence-electron chi connectivity index (χ2n) is 7.60. The van der Waals surface area contributed by atoms with E-state index in [9.17, 15) is 14.4 Å². The van der Waals surface area contributed by atoms with Crippen molar-refractivity contribution in [3.63, 3.8) is 0 Å². The second kappa shape index (κ2) is 10.2. The summed E-state index contributed by atoms with van der Waals surface area (Å²) in [5, 5.41) is 5.65. The first-order chi connectivity index (χ1) is 16.5. The van der Waals surface area contributed by atoms with Crippen LogP contribution in [0.1, 0.15) is 36.6 Å². The van der Waals surface area contributed by atoms with Crippen molar-refractivity contribution in [3.8, 4) is 0 Å². The molecular formula is C27H23N4O3+. The lowest BCUT2D eigenvalue weighted by atomic mass is 10.0. The lowest BCUT2D eigenvalue weighted by Crippen LogP contribution is -2.47. The highest BCUT2D eigenvalue weighted by Crippen LogP contribution is 2.28. The van der Waals surface area contributed by atoms with Crippen LogP contribution in [0.4, 0.5) is 11.4 Å². The van der Waals surface area contributed by atoms with Crippen molar-refractivity contribution in [1.29, 1.82) is 0 Å². The number of pyridine rings is 1. The molecule has 0 spiro atoms. The lowest BCUT2D eigenvalue weighted by Gasteiger charge is -2.16. The van der Waals surface area contributed by atoms with E-state index in [0.717, 1.165) is 5.56 Å². The number of nitrogens with one attached hydrogen (secondary N) is 3. The van der Waals surface area contributed by atoms with Crippen molar-refractivity contribution in [3.05, 3.63) is 126 Å². The Morgan fingerprint density at radius 3 is 1.53 bits per heavy atom. The van der Waals surface area contributed by atoms with Crippen LogP contribution in [0.5, 0.6) is 0 Å². The first-order valence-electron chi connectivity index (χ1n) is 10.7. The first-order valence-corrected chi connectivity index (χ1v) is 10.7. The standard InChI is InChI=1S/C27H22N4O3/c1-19-17-22(28-25(32)20-11-5-2-6-12-20)24(27(34)30-31-15-9-4-10-16-31)23(18-19)29-26(33)21-13-7-3-8-14-21/h2-18H,1H3,(H2-,28,29,30,32,33,34)/p+1. The second-order valence-corrected chi connectivity index (χ2v) is 7.60. The lowest BCUT2D eigenvalue weighted by molar-refractivity contribution is -0.641. The average Bonchev–Trinajstić information content (AvgIpc) is 2.85. The van der Waals surface area contributed by atoms with Gasteiger partial charge in [0.25, 0.3) is 11.8 Å². The van der Waals surface area contributed by atoms with Gasteiger partial charge < -0.3 is 10.6 Å². The third-order valence-corrected chi connectivity index (χ3v) is 5.02. The summed E-state index contributed by atoms with van der Waals surface area (Å²) in [6.45, 7) is 1.82. The third kappa shape index (κ3) is 5.34. The molecule has 4 rings (SSSR count). The molecule has 3 amide bonds. The number of hydrogen-bond acceptors (Lipinski definition) is 3. The molecule has 1 aromatic heterocycles. The van der Waals surface area contributed by atoms with Gasteiger partial charge in [0.1, 0.15) is 0 Å². The highest BCUT2D eigenvalue weighted by Gasteiger charge is 2.23. The summed E-state index contributed by atoms with van der Waals surface area (Å²) in [6, 6.07) is 26.2. The molecule has 0 saturated heterocycles. The van der Waals surface area contributed by atoms with Crippen LogP contribution in [-0.4, -0.2) is 17.7 Å². The summed E-state index contributed by atoms with van der Waals surface area (Å²) in [4.78, 5) is 39.1. The molecular weight excluding hydrogens is 428 g/mol. The number of benzene rings is 3. The Morgan fingerprint density at radius 1 is 0.618 bits per heavy atom. The molecule has 1 heterocycles. The summed E-state index contributed by atoms with van der Waals surface area (Å²) in [5.41, 5.74) is 5.12. The van der Waals surface area contributed by atoms with E-state index in [1.165, 1.54) is 4.68 Å². The van der Waals surface area contributed by atoms with Gasteiger partial charge >= 0.3 is 5.91 Å². The molecule has 0 radical (unpaired) electrons. The summed E-state index contributed by atoms with van der Waals surface area (Å²) >= 11 is 0. The Labute approximate surface area is 197 Å². The van der Waals surface area contributed by atoms with Gasteiger partial charge in [-0.15, -0.1) is 5.43 Å². The molecule has 0 unspecified atom stereocenters. The fraction of sp³-hybridized carbons (Fsp3) is 0.0370. The maximum absolute atomic E-state index is 13.4. The van der Waals surface area contributed by atoms with Gasteiger partial charge in [-0.25, -0.2) is 0 Å². The van der Waals surface area contributed by atoms with E-state index in [1.807, 2.05) is 25.1 Å². The number of amides is 3. The third-order valence-electron chi connectivity index (χ3n) is 5.02. The smallest absolute Gasteiger partial charge is 0.309 e. The predicted octanol–water partition coefficient (Wildman–Crippen LogP) is 4.17. The molecule has 4 aromatic rings. The zero-order valence-electron chi connectivity index (χ0n) is 18.5. The number of aromatic nitrogens is 1. The van der Waals surface area contributed by atoms with Crippen LogP contribution in [0.15, 0.2) is 103 Å². The van der Waals surface area contributed by atoms with E-state index in [-0.39, 0.29) is 28.8 Å². The molecule has 7 nitrogen and oxygen atoms in total. The maximum atomic E-state index is 13.4. The molecule has 3 aromatic carbocycles. The largest absolute Gasteiger partial charge is 0.321 e. The van der Waals surface area contributed by atoms with Crippen LogP contribution in [-0.2, 0) is 0 Å². The van der Waals surface area contributed by atoms with Crippen molar-refractivity contribution < 1.29 is 19.1 Å². The summed E-state index contributed by atoms with van der Waals surface area (Å²) in [6.07, 6.45) is 3.35. The SMILES string of the molecule is Cc1cc(NC(=O)c2ccccc2)c(C(=O)N[n+]2ccccc2)c(NC(=O)c2ccccc2)c1. The molecule has 7 heteroatoms. The van der Waals surface area contributed by atoms with E-state index >= 15 is 0 Å². The predicted molar refractivity (Wildman–Crippen MR) is 130 cm³/mol. The molecule has 0 fully saturated rings.